The molecule has 1 saturated carbocycles. The molecule has 18 heavy (non-hydrogen) atoms. The maximum Gasteiger partial charge on any atom is 0.168 e. The van der Waals surface area contributed by atoms with E-state index in [1.54, 1.807) is 0 Å². The molecule has 0 aromatic rings. The zero-order valence-electron chi connectivity index (χ0n) is 11.7. The van der Waals surface area contributed by atoms with E-state index in [1.807, 2.05) is 39.8 Å². The van der Waals surface area contributed by atoms with Crippen LogP contribution < -0.4 is 0 Å². The first-order chi connectivity index (χ1) is 8.32. The largest absolute Gasteiger partial charge is 0.291 e. The van der Waals surface area contributed by atoms with Crippen molar-refractivity contribution in [1.29, 1.82) is 0 Å². The molecular formula is C15H23F2N. The average Bonchev–Trinajstić information content (AvgIpc) is 2.86. The van der Waals surface area contributed by atoms with Crippen LogP contribution in [0.4, 0.5) is 8.78 Å². The number of allylic oxidation sites excluding steroid dienone is 2. The number of rotatable bonds is 2. The summed E-state index contributed by atoms with van der Waals surface area (Å²) in [4.78, 5) is 2.05. The first-order valence-electron chi connectivity index (χ1n) is 7.14. The van der Waals surface area contributed by atoms with E-state index in [1.165, 1.54) is 0 Å². The van der Waals surface area contributed by atoms with Gasteiger partial charge in [0.05, 0.1) is 6.04 Å². The van der Waals surface area contributed by atoms with Gasteiger partial charge in [0.2, 0.25) is 0 Å². The summed E-state index contributed by atoms with van der Waals surface area (Å²) in [5.41, 5.74) is -3.34. The van der Waals surface area contributed by atoms with Gasteiger partial charge < -0.3 is 0 Å². The topological polar surface area (TPSA) is 3.24 Å². The molecule has 1 saturated heterocycles. The van der Waals surface area contributed by atoms with Gasteiger partial charge in [0.25, 0.3) is 0 Å². The summed E-state index contributed by atoms with van der Waals surface area (Å²) in [6, 6.07) is -0.0925. The first-order valence-corrected chi connectivity index (χ1v) is 7.14. The fourth-order valence-electron chi connectivity index (χ4n) is 4.62. The second kappa shape index (κ2) is 3.56. The molecule has 2 fully saturated rings. The quantitative estimate of drug-likeness (QED) is 0.684. The van der Waals surface area contributed by atoms with Gasteiger partial charge in [-0.3, -0.25) is 4.90 Å². The summed E-state index contributed by atoms with van der Waals surface area (Å²) >= 11 is 0. The zero-order chi connectivity index (χ0) is 13.3. The number of fused-ring (bicyclic) bond motifs is 5. The van der Waals surface area contributed by atoms with Gasteiger partial charge in [-0.2, -0.15) is 0 Å². The maximum atomic E-state index is 15.6. The molecule has 3 rings (SSSR count). The lowest BCUT2D eigenvalue weighted by Gasteiger charge is -2.40. The molecule has 1 nitrogen and oxygen atoms in total. The van der Waals surface area contributed by atoms with Crippen molar-refractivity contribution in [2.24, 2.45) is 17.8 Å². The Bertz CT molecular complexity index is 392. The van der Waals surface area contributed by atoms with E-state index in [9.17, 15) is 0 Å². The van der Waals surface area contributed by atoms with Gasteiger partial charge in [-0.1, -0.05) is 26.0 Å². The van der Waals surface area contributed by atoms with E-state index in [2.05, 4.69) is 4.90 Å². The Morgan fingerprint density at radius 2 is 1.72 bits per heavy atom. The fourth-order valence-corrected chi connectivity index (χ4v) is 4.62. The molecule has 3 aliphatic rings. The van der Waals surface area contributed by atoms with Gasteiger partial charge in [-0.25, -0.2) is 8.78 Å². The third-order valence-electron chi connectivity index (χ3n) is 5.34. The van der Waals surface area contributed by atoms with Crippen molar-refractivity contribution < 1.29 is 8.78 Å². The molecule has 5 unspecified atom stereocenters. The lowest BCUT2D eigenvalue weighted by molar-refractivity contribution is -0.0396. The lowest BCUT2D eigenvalue weighted by Crippen LogP contribution is -2.55. The molecule has 0 aromatic carbocycles. The average molecular weight is 255 g/mol. The monoisotopic (exact) mass is 255 g/mol. The van der Waals surface area contributed by atoms with E-state index < -0.39 is 11.3 Å². The van der Waals surface area contributed by atoms with Crippen molar-refractivity contribution in [2.45, 2.75) is 57.5 Å². The molecule has 2 bridgehead atoms. The smallest absolute Gasteiger partial charge is 0.168 e. The van der Waals surface area contributed by atoms with E-state index in [4.69, 9.17) is 0 Å². The highest BCUT2D eigenvalue weighted by atomic mass is 19.2. The normalized spacial score (nSPS) is 50.8. The molecule has 2 aliphatic carbocycles. The fraction of sp³-hybridized carbons (Fsp3) is 0.867. The predicted octanol–water partition coefficient (Wildman–Crippen LogP) is 3.36. The number of hydrogen-bond donors (Lipinski definition) is 0. The van der Waals surface area contributed by atoms with Crippen LogP contribution in [0, 0.1) is 17.8 Å². The number of likely N-dealkylation sites (tertiary alicyclic amines) is 1. The van der Waals surface area contributed by atoms with Gasteiger partial charge in [-0.05, 0) is 26.2 Å². The van der Waals surface area contributed by atoms with E-state index in [0.717, 1.165) is 0 Å². The summed E-state index contributed by atoms with van der Waals surface area (Å²) < 4.78 is 31.0. The highest BCUT2D eigenvalue weighted by Gasteiger charge is 2.76. The van der Waals surface area contributed by atoms with Crippen LogP contribution in [-0.2, 0) is 0 Å². The van der Waals surface area contributed by atoms with E-state index in [0.29, 0.717) is 6.42 Å². The molecule has 3 heteroatoms. The Hall–Kier alpha value is -0.440. The number of halogens is 2. The van der Waals surface area contributed by atoms with Crippen molar-refractivity contribution in [3.63, 3.8) is 0 Å². The molecule has 1 aliphatic heterocycles. The summed E-state index contributed by atoms with van der Waals surface area (Å²) in [5, 5.41) is 0. The molecule has 0 aromatic heterocycles. The molecular weight excluding hydrogens is 232 g/mol. The van der Waals surface area contributed by atoms with Crippen LogP contribution in [0.2, 0.25) is 0 Å². The standard InChI is InChI=1S/C15H23F2N/c1-9(2)13-15(17)12-6-5-11(7-12)14(15,16)8-18(13)10(3)4/h5-6,9-13H,7-8H2,1-4H3. The minimum atomic E-state index is -1.68. The Labute approximate surface area is 108 Å². The summed E-state index contributed by atoms with van der Waals surface area (Å²) in [6.07, 6.45) is 4.49. The second-order valence-corrected chi connectivity index (χ2v) is 6.92. The molecule has 0 radical (unpaired) electrons. The Morgan fingerprint density at radius 3 is 2.28 bits per heavy atom. The van der Waals surface area contributed by atoms with Gasteiger partial charge >= 0.3 is 0 Å². The third kappa shape index (κ3) is 1.19. The van der Waals surface area contributed by atoms with Crippen LogP contribution >= 0.6 is 0 Å². The number of hydrogen-bond acceptors (Lipinski definition) is 1. The second-order valence-electron chi connectivity index (χ2n) is 6.92. The van der Waals surface area contributed by atoms with E-state index >= 15 is 8.78 Å². The van der Waals surface area contributed by atoms with Gasteiger partial charge in [0.15, 0.2) is 11.3 Å². The van der Waals surface area contributed by atoms with Crippen molar-refractivity contribution in [3.05, 3.63) is 12.2 Å². The van der Waals surface area contributed by atoms with Crippen LogP contribution in [0.5, 0.6) is 0 Å². The first kappa shape index (κ1) is 12.6. The van der Waals surface area contributed by atoms with Gasteiger partial charge in [-0.15, -0.1) is 0 Å². The molecule has 102 valence electrons. The summed E-state index contributed by atoms with van der Waals surface area (Å²) in [5.74, 6) is -0.288. The molecule has 1 heterocycles. The molecule has 0 spiro atoms. The Morgan fingerprint density at radius 1 is 1.11 bits per heavy atom. The minimum absolute atomic E-state index is 0.141. The maximum absolute atomic E-state index is 15.6. The van der Waals surface area contributed by atoms with Crippen molar-refractivity contribution in [1.82, 2.24) is 4.90 Å². The van der Waals surface area contributed by atoms with Crippen molar-refractivity contribution in [3.8, 4) is 0 Å². The summed E-state index contributed by atoms with van der Waals surface area (Å²) in [7, 11) is 0. The van der Waals surface area contributed by atoms with Crippen LogP contribution in [-0.4, -0.2) is 34.9 Å². The van der Waals surface area contributed by atoms with Crippen molar-refractivity contribution in [2.75, 3.05) is 6.54 Å². The number of alkyl halides is 2. The van der Waals surface area contributed by atoms with Gasteiger partial charge in [0.1, 0.15) is 0 Å². The third-order valence-corrected chi connectivity index (χ3v) is 5.34. The Balaban J connectivity index is 2.08. The van der Waals surface area contributed by atoms with Gasteiger partial charge in [0, 0.05) is 24.4 Å². The highest BCUT2D eigenvalue weighted by molar-refractivity contribution is 5.34. The number of nitrogens with zero attached hydrogens (tertiary/aromatic N) is 1. The molecule has 5 atom stereocenters. The van der Waals surface area contributed by atoms with Crippen LogP contribution in [0.1, 0.15) is 34.1 Å². The molecule has 0 N–H and O–H groups in total. The summed E-state index contributed by atoms with van der Waals surface area (Å²) in [6.45, 7) is 8.37. The predicted molar refractivity (Wildman–Crippen MR) is 68.9 cm³/mol. The highest BCUT2D eigenvalue weighted by Crippen LogP contribution is 2.64. The van der Waals surface area contributed by atoms with Crippen molar-refractivity contribution >= 4 is 0 Å². The lowest BCUT2D eigenvalue weighted by atomic mass is 9.73. The minimum Gasteiger partial charge on any atom is -0.291 e. The van der Waals surface area contributed by atoms with Crippen LogP contribution in [0.3, 0.4) is 0 Å². The van der Waals surface area contributed by atoms with Crippen LogP contribution in [0.25, 0.3) is 0 Å². The van der Waals surface area contributed by atoms with E-state index in [-0.39, 0.29) is 36.4 Å². The van der Waals surface area contributed by atoms with Crippen LogP contribution in [0.15, 0.2) is 12.2 Å². The molecule has 0 amide bonds. The zero-order valence-corrected chi connectivity index (χ0v) is 11.7. The SMILES string of the molecule is CC(C)C1N(C(C)C)CC2(F)C3C=CC(C3)C12F. The Kier molecular flexibility index (Phi) is 2.49.